The van der Waals surface area contributed by atoms with Gasteiger partial charge >= 0.3 is 0 Å². The lowest BCUT2D eigenvalue weighted by Crippen LogP contribution is -2.20. The molecule has 0 aliphatic heterocycles. The molecule has 0 radical (unpaired) electrons. The first kappa shape index (κ1) is 16.6. The minimum atomic E-state index is 0.485. The van der Waals surface area contributed by atoms with E-state index >= 15 is 0 Å². The van der Waals surface area contributed by atoms with Crippen LogP contribution in [0, 0.1) is 0 Å². The number of hydrogen-bond acceptors (Lipinski definition) is 5. The van der Waals surface area contributed by atoms with Crippen LogP contribution < -0.4 is 15.4 Å². The van der Waals surface area contributed by atoms with E-state index in [0.717, 1.165) is 17.3 Å². The number of para-hydroxylation sites is 2. The van der Waals surface area contributed by atoms with Crippen molar-refractivity contribution in [2.75, 3.05) is 17.2 Å². The van der Waals surface area contributed by atoms with Gasteiger partial charge in [-0.15, -0.1) is 0 Å². The van der Waals surface area contributed by atoms with E-state index in [1.807, 2.05) is 37.3 Å². The van der Waals surface area contributed by atoms with E-state index in [0.29, 0.717) is 18.6 Å². The van der Waals surface area contributed by atoms with Crippen LogP contribution in [-0.2, 0) is 0 Å². The van der Waals surface area contributed by atoms with Crippen LogP contribution in [0.2, 0.25) is 0 Å². The molecule has 1 aromatic heterocycles. The molecule has 0 unspecified atom stereocenters. The van der Waals surface area contributed by atoms with Gasteiger partial charge in [0.25, 0.3) is 0 Å². The highest BCUT2D eigenvalue weighted by Gasteiger charge is 2.13. The zero-order valence-electron chi connectivity index (χ0n) is 14.3. The van der Waals surface area contributed by atoms with E-state index in [2.05, 4.69) is 20.6 Å². The van der Waals surface area contributed by atoms with Crippen LogP contribution in [0.25, 0.3) is 0 Å². The lowest BCUT2D eigenvalue weighted by Gasteiger charge is -2.17. The largest absolute Gasteiger partial charge is 0.492 e. The molecule has 0 spiro atoms. The van der Waals surface area contributed by atoms with E-state index in [4.69, 9.17) is 4.74 Å². The monoisotopic (exact) mass is 326 g/mol. The Labute approximate surface area is 143 Å². The molecule has 128 valence electrons. The first-order valence-corrected chi connectivity index (χ1v) is 8.93. The molecule has 24 heavy (non-hydrogen) atoms. The maximum absolute atomic E-state index is 5.65. The number of ether oxygens (including phenoxy) is 1. The van der Waals surface area contributed by atoms with Crippen molar-refractivity contribution in [3.8, 4) is 5.75 Å². The Morgan fingerprint density at radius 2 is 1.88 bits per heavy atom. The lowest BCUT2D eigenvalue weighted by atomic mass is 10.1. The zero-order valence-corrected chi connectivity index (χ0v) is 14.3. The summed E-state index contributed by atoms with van der Waals surface area (Å²) in [5, 5.41) is 6.82. The van der Waals surface area contributed by atoms with Crippen LogP contribution in [0.4, 0.5) is 17.5 Å². The first-order chi connectivity index (χ1) is 11.8. The van der Waals surface area contributed by atoms with E-state index in [-0.39, 0.29) is 0 Å². The van der Waals surface area contributed by atoms with E-state index in [1.165, 1.54) is 38.5 Å². The fourth-order valence-corrected chi connectivity index (χ4v) is 3.09. The fourth-order valence-electron chi connectivity index (χ4n) is 3.09. The average Bonchev–Trinajstić information content (AvgIpc) is 2.86. The Morgan fingerprint density at radius 1 is 1.08 bits per heavy atom. The van der Waals surface area contributed by atoms with Crippen molar-refractivity contribution in [2.24, 2.45) is 0 Å². The van der Waals surface area contributed by atoms with Gasteiger partial charge in [0.2, 0.25) is 5.95 Å². The molecule has 3 rings (SSSR count). The van der Waals surface area contributed by atoms with Gasteiger partial charge in [-0.1, -0.05) is 37.8 Å². The average molecular weight is 326 g/mol. The van der Waals surface area contributed by atoms with Crippen molar-refractivity contribution in [3.63, 3.8) is 0 Å². The summed E-state index contributed by atoms with van der Waals surface area (Å²) in [5.41, 5.74) is 0.915. The lowest BCUT2D eigenvalue weighted by molar-refractivity contribution is 0.342. The maximum Gasteiger partial charge on any atom is 0.224 e. The summed E-state index contributed by atoms with van der Waals surface area (Å²) in [4.78, 5) is 8.98. The molecule has 2 aromatic rings. The van der Waals surface area contributed by atoms with Gasteiger partial charge in [-0.3, -0.25) is 0 Å². The number of benzene rings is 1. The van der Waals surface area contributed by atoms with Crippen LogP contribution in [0.1, 0.15) is 45.4 Å². The van der Waals surface area contributed by atoms with Crippen molar-refractivity contribution in [2.45, 2.75) is 51.5 Å². The molecule has 0 atom stereocenters. The number of rotatable bonds is 6. The molecule has 5 nitrogen and oxygen atoms in total. The Hall–Kier alpha value is -2.30. The molecule has 1 aliphatic rings. The molecule has 2 N–H and O–H groups in total. The minimum Gasteiger partial charge on any atom is -0.492 e. The summed E-state index contributed by atoms with van der Waals surface area (Å²) < 4.78 is 5.65. The molecule has 1 aliphatic carbocycles. The third-order valence-electron chi connectivity index (χ3n) is 4.29. The molecular weight excluding hydrogens is 300 g/mol. The summed E-state index contributed by atoms with van der Waals surface area (Å²) in [6.07, 6.45) is 9.46. The summed E-state index contributed by atoms with van der Waals surface area (Å²) in [6, 6.07) is 10.3. The quantitative estimate of drug-likeness (QED) is 0.750. The van der Waals surface area contributed by atoms with Gasteiger partial charge in [-0.05, 0) is 38.0 Å². The number of aromatic nitrogens is 2. The molecule has 0 saturated heterocycles. The molecule has 5 heteroatoms. The SMILES string of the molecule is CCOc1ccccc1Nc1ccnc(NC2CCCCCC2)n1. The van der Waals surface area contributed by atoms with Crippen LogP contribution >= 0.6 is 0 Å². The highest BCUT2D eigenvalue weighted by molar-refractivity contribution is 5.64. The Kier molecular flexibility index (Phi) is 5.88. The molecular formula is C19H26N4O. The summed E-state index contributed by atoms with van der Waals surface area (Å²) in [7, 11) is 0. The van der Waals surface area contributed by atoms with Gasteiger partial charge in [-0.2, -0.15) is 4.98 Å². The first-order valence-electron chi connectivity index (χ1n) is 8.93. The Bertz CT molecular complexity index is 639. The number of nitrogens with one attached hydrogen (secondary N) is 2. The molecule has 1 saturated carbocycles. The number of hydrogen-bond donors (Lipinski definition) is 2. The third kappa shape index (κ3) is 4.60. The smallest absolute Gasteiger partial charge is 0.224 e. The van der Waals surface area contributed by atoms with Gasteiger partial charge in [-0.25, -0.2) is 4.98 Å². The maximum atomic E-state index is 5.65. The van der Waals surface area contributed by atoms with Gasteiger partial charge in [0.05, 0.1) is 12.3 Å². The molecule has 0 bridgehead atoms. The number of nitrogens with zero attached hydrogens (tertiary/aromatic N) is 2. The minimum absolute atomic E-state index is 0.485. The highest BCUT2D eigenvalue weighted by Crippen LogP contribution is 2.27. The molecule has 1 aromatic carbocycles. The van der Waals surface area contributed by atoms with Gasteiger partial charge in [0, 0.05) is 12.2 Å². The predicted molar refractivity (Wildman–Crippen MR) is 98.0 cm³/mol. The van der Waals surface area contributed by atoms with Crippen molar-refractivity contribution in [1.29, 1.82) is 0 Å². The van der Waals surface area contributed by atoms with E-state index < -0.39 is 0 Å². The van der Waals surface area contributed by atoms with E-state index in [9.17, 15) is 0 Å². The Balaban J connectivity index is 1.69. The third-order valence-corrected chi connectivity index (χ3v) is 4.29. The topological polar surface area (TPSA) is 59.1 Å². The summed E-state index contributed by atoms with van der Waals surface area (Å²) in [6.45, 7) is 2.62. The van der Waals surface area contributed by atoms with Crippen LogP contribution in [0.3, 0.4) is 0 Å². The van der Waals surface area contributed by atoms with Gasteiger partial charge in [0.1, 0.15) is 11.6 Å². The predicted octanol–water partition coefficient (Wildman–Crippen LogP) is 4.75. The van der Waals surface area contributed by atoms with Crippen molar-refractivity contribution in [1.82, 2.24) is 9.97 Å². The van der Waals surface area contributed by atoms with Crippen molar-refractivity contribution in [3.05, 3.63) is 36.5 Å². The summed E-state index contributed by atoms with van der Waals surface area (Å²) in [5.74, 6) is 2.30. The second-order valence-electron chi connectivity index (χ2n) is 6.15. The molecule has 1 heterocycles. The normalized spacial score (nSPS) is 15.5. The highest BCUT2D eigenvalue weighted by atomic mass is 16.5. The van der Waals surface area contributed by atoms with Crippen LogP contribution in [-0.4, -0.2) is 22.6 Å². The van der Waals surface area contributed by atoms with Crippen LogP contribution in [0.5, 0.6) is 5.75 Å². The van der Waals surface area contributed by atoms with Crippen molar-refractivity contribution < 1.29 is 4.74 Å². The zero-order chi connectivity index (χ0) is 16.6. The van der Waals surface area contributed by atoms with Crippen LogP contribution in [0.15, 0.2) is 36.5 Å². The van der Waals surface area contributed by atoms with Crippen molar-refractivity contribution >= 4 is 17.5 Å². The molecule has 1 fully saturated rings. The second kappa shape index (κ2) is 8.52. The van der Waals surface area contributed by atoms with Gasteiger partial charge < -0.3 is 15.4 Å². The molecule has 0 amide bonds. The van der Waals surface area contributed by atoms with E-state index in [1.54, 1.807) is 6.20 Å². The Morgan fingerprint density at radius 3 is 2.67 bits per heavy atom. The number of anilines is 3. The fraction of sp³-hybridized carbons (Fsp3) is 0.474. The standard InChI is InChI=1S/C19H26N4O/c1-2-24-17-12-8-7-11-16(17)22-18-13-14-20-19(23-18)21-15-9-5-3-4-6-10-15/h7-8,11-15H,2-6,9-10H2,1H3,(H2,20,21,22,23). The van der Waals surface area contributed by atoms with Gasteiger partial charge in [0.15, 0.2) is 0 Å². The summed E-state index contributed by atoms with van der Waals surface area (Å²) >= 11 is 0. The second-order valence-corrected chi connectivity index (χ2v) is 6.15.